The zero-order valence-electron chi connectivity index (χ0n) is 14.8. The highest BCUT2D eigenvalue weighted by molar-refractivity contribution is 5.95. The molecule has 2 aromatic carbocycles. The molecule has 138 valence electrons. The number of hydrogen-bond donors (Lipinski definition) is 2. The maximum Gasteiger partial charge on any atom is 0.244 e. The summed E-state index contributed by atoms with van der Waals surface area (Å²) in [7, 11) is 0. The third kappa shape index (κ3) is 4.23. The van der Waals surface area contributed by atoms with Gasteiger partial charge in [0.25, 0.3) is 0 Å². The number of anilines is 1. The SMILES string of the molecule is CC(N)(C(=O)NCc1ccc(N2CCCC2=O)cc1)c1ccccc1.Cl. The second-order valence-corrected chi connectivity index (χ2v) is 6.57. The average molecular weight is 374 g/mol. The first-order valence-corrected chi connectivity index (χ1v) is 8.50. The minimum Gasteiger partial charge on any atom is -0.350 e. The number of carbonyl (C=O) groups excluding carboxylic acids is 2. The molecule has 1 fully saturated rings. The number of amides is 2. The lowest BCUT2D eigenvalue weighted by molar-refractivity contribution is -0.126. The van der Waals surface area contributed by atoms with Gasteiger partial charge in [0.2, 0.25) is 11.8 Å². The number of hydrogen-bond acceptors (Lipinski definition) is 3. The Bertz CT molecular complexity index is 760. The van der Waals surface area contributed by atoms with Gasteiger partial charge in [0, 0.05) is 25.2 Å². The first kappa shape index (κ1) is 19.9. The van der Waals surface area contributed by atoms with E-state index in [1.165, 1.54) is 0 Å². The van der Waals surface area contributed by atoms with Crippen LogP contribution in [0.1, 0.15) is 30.9 Å². The van der Waals surface area contributed by atoms with E-state index in [1.807, 2.05) is 54.6 Å². The predicted molar refractivity (Wildman–Crippen MR) is 105 cm³/mol. The van der Waals surface area contributed by atoms with E-state index in [2.05, 4.69) is 5.32 Å². The molecule has 6 heteroatoms. The molecule has 0 radical (unpaired) electrons. The minimum atomic E-state index is -1.08. The Hall–Kier alpha value is -2.37. The van der Waals surface area contributed by atoms with E-state index in [9.17, 15) is 9.59 Å². The summed E-state index contributed by atoms with van der Waals surface area (Å²) in [5, 5.41) is 2.89. The average Bonchev–Trinajstić information content (AvgIpc) is 3.06. The molecular formula is C20H24ClN3O2. The van der Waals surface area contributed by atoms with Crippen LogP contribution in [0.4, 0.5) is 5.69 Å². The van der Waals surface area contributed by atoms with Crippen molar-refractivity contribution in [3.05, 3.63) is 65.7 Å². The minimum absolute atomic E-state index is 0. The Morgan fingerprint density at radius 3 is 2.38 bits per heavy atom. The molecule has 1 saturated heterocycles. The Kier molecular flexibility index (Phi) is 6.40. The van der Waals surface area contributed by atoms with Gasteiger partial charge in [0.1, 0.15) is 5.54 Å². The quantitative estimate of drug-likeness (QED) is 0.846. The van der Waals surface area contributed by atoms with E-state index < -0.39 is 5.54 Å². The molecule has 3 rings (SSSR count). The monoisotopic (exact) mass is 373 g/mol. The van der Waals surface area contributed by atoms with E-state index in [4.69, 9.17) is 5.73 Å². The van der Waals surface area contributed by atoms with Crippen molar-refractivity contribution in [3.8, 4) is 0 Å². The fourth-order valence-corrected chi connectivity index (χ4v) is 3.00. The van der Waals surface area contributed by atoms with Gasteiger partial charge in [-0.2, -0.15) is 0 Å². The van der Waals surface area contributed by atoms with E-state index in [0.717, 1.165) is 29.8 Å². The van der Waals surface area contributed by atoms with Gasteiger partial charge in [-0.15, -0.1) is 12.4 Å². The molecule has 1 heterocycles. The van der Waals surface area contributed by atoms with Crippen LogP contribution in [0.25, 0.3) is 0 Å². The van der Waals surface area contributed by atoms with Crippen molar-refractivity contribution in [1.82, 2.24) is 5.32 Å². The van der Waals surface area contributed by atoms with Crippen LogP contribution in [0.3, 0.4) is 0 Å². The smallest absolute Gasteiger partial charge is 0.244 e. The largest absolute Gasteiger partial charge is 0.350 e. The topological polar surface area (TPSA) is 75.4 Å². The summed E-state index contributed by atoms with van der Waals surface area (Å²) in [6, 6.07) is 17.0. The van der Waals surface area contributed by atoms with Gasteiger partial charge >= 0.3 is 0 Å². The lowest BCUT2D eigenvalue weighted by Gasteiger charge is -2.24. The summed E-state index contributed by atoms with van der Waals surface area (Å²) in [6.45, 7) is 2.88. The third-order valence-electron chi connectivity index (χ3n) is 4.62. The number of nitrogens with zero attached hydrogens (tertiary/aromatic N) is 1. The highest BCUT2D eigenvalue weighted by Gasteiger charge is 2.30. The van der Waals surface area contributed by atoms with Crippen LogP contribution < -0.4 is 16.0 Å². The molecule has 0 aliphatic carbocycles. The molecule has 0 saturated carbocycles. The van der Waals surface area contributed by atoms with Gasteiger partial charge in [-0.1, -0.05) is 42.5 Å². The molecule has 2 amide bonds. The molecule has 3 N–H and O–H groups in total. The summed E-state index contributed by atoms with van der Waals surface area (Å²) in [5.74, 6) is -0.0553. The van der Waals surface area contributed by atoms with Crippen molar-refractivity contribution in [2.45, 2.75) is 31.8 Å². The zero-order chi connectivity index (χ0) is 17.9. The van der Waals surface area contributed by atoms with E-state index >= 15 is 0 Å². The summed E-state index contributed by atoms with van der Waals surface area (Å²) in [4.78, 5) is 26.0. The summed E-state index contributed by atoms with van der Waals surface area (Å²) < 4.78 is 0. The van der Waals surface area contributed by atoms with Crippen molar-refractivity contribution in [3.63, 3.8) is 0 Å². The van der Waals surface area contributed by atoms with Crippen LogP contribution in [-0.4, -0.2) is 18.4 Å². The summed E-state index contributed by atoms with van der Waals surface area (Å²) in [5.41, 5.74) is 7.78. The predicted octanol–water partition coefficient (Wildman–Crippen LogP) is 2.73. The number of nitrogens with one attached hydrogen (secondary N) is 1. The molecule has 1 aliphatic rings. The maximum absolute atomic E-state index is 12.5. The Labute approximate surface area is 160 Å². The Balaban J connectivity index is 0.00000243. The van der Waals surface area contributed by atoms with Crippen LogP contribution in [0.2, 0.25) is 0 Å². The number of carbonyl (C=O) groups is 2. The second-order valence-electron chi connectivity index (χ2n) is 6.57. The van der Waals surface area contributed by atoms with Crippen molar-refractivity contribution in [2.24, 2.45) is 5.73 Å². The highest BCUT2D eigenvalue weighted by atomic mass is 35.5. The Morgan fingerprint density at radius 2 is 1.81 bits per heavy atom. The third-order valence-corrected chi connectivity index (χ3v) is 4.62. The lowest BCUT2D eigenvalue weighted by atomic mass is 9.92. The number of halogens is 1. The lowest BCUT2D eigenvalue weighted by Crippen LogP contribution is -2.48. The van der Waals surface area contributed by atoms with Gasteiger partial charge in [0.15, 0.2) is 0 Å². The fourth-order valence-electron chi connectivity index (χ4n) is 3.00. The van der Waals surface area contributed by atoms with Gasteiger partial charge in [-0.25, -0.2) is 0 Å². The van der Waals surface area contributed by atoms with E-state index in [-0.39, 0.29) is 24.2 Å². The van der Waals surface area contributed by atoms with Crippen LogP contribution in [0.5, 0.6) is 0 Å². The van der Waals surface area contributed by atoms with E-state index in [0.29, 0.717) is 13.0 Å². The van der Waals surface area contributed by atoms with Crippen LogP contribution >= 0.6 is 12.4 Å². The first-order chi connectivity index (χ1) is 12.0. The maximum atomic E-state index is 12.5. The number of nitrogens with two attached hydrogens (primary N) is 1. The molecule has 5 nitrogen and oxygen atoms in total. The molecule has 1 aliphatic heterocycles. The number of rotatable bonds is 5. The molecule has 0 bridgehead atoms. The van der Waals surface area contributed by atoms with Crippen molar-refractivity contribution in [1.29, 1.82) is 0 Å². The molecule has 0 spiro atoms. The van der Waals surface area contributed by atoms with E-state index in [1.54, 1.807) is 11.8 Å². The highest BCUT2D eigenvalue weighted by Crippen LogP contribution is 2.22. The fraction of sp³-hybridized carbons (Fsp3) is 0.300. The number of benzene rings is 2. The van der Waals surface area contributed by atoms with Gasteiger partial charge in [0.05, 0.1) is 0 Å². The zero-order valence-corrected chi connectivity index (χ0v) is 15.6. The Morgan fingerprint density at radius 1 is 1.15 bits per heavy atom. The van der Waals surface area contributed by atoms with Crippen molar-refractivity contribution in [2.75, 3.05) is 11.4 Å². The van der Waals surface area contributed by atoms with Crippen LogP contribution in [0.15, 0.2) is 54.6 Å². The first-order valence-electron chi connectivity index (χ1n) is 8.50. The molecular weight excluding hydrogens is 350 g/mol. The van der Waals surface area contributed by atoms with Crippen LogP contribution in [-0.2, 0) is 21.7 Å². The van der Waals surface area contributed by atoms with Gasteiger partial charge < -0.3 is 16.0 Å². The van der Waals surface area contributed by atoms with Gasteiger partial charge in [-0.3, -0.25) is 9.59 Å². The second kappa shape index (κ2) is 8.34. The molecule has 1 atom stereocenters. The standard InChI is InChI=1S/C20H23N3O2.ClH/c1-20(21,16-6-3-2-4-7-16)19(25)22-14-15-9-11-17(12-10-15)23-13-5-8-18(23)24;/h2-4,6-7,9-12H,5,8,13-14,21H2,1H3,(H,22,25);1H. The van der Waals surface area contributed by atoms with Crippen molar-refractivity contribution < 1.29 is 9.59 Å². The summed E-state index contributed by atoms with van der Waals surface area (Å²) in [6.07, 6.45) is 1.53. The normalized spacial score (nSPS) is 15.9. The van der Waals surface area contributed by atoms with Crippen molar-refractivity contribution >= 4 is 29.9 Å². The van der Waals surface area contributed by atoms with Gasteiger partial charge in [-0.05, 0) is 36.6 Å². The molecule has 26 heavy (non-hydrogen) atoms. The molecule has 1 unspecified atom stereocenters. The molecule has 2 aromatic rings. The molecule has 0 aromatic heterocycles. The van der Waals surface area contributed by atoms with Crippen LogP contribution in [0, 0.1) is 0 Å². The summed E-state index contributed by atoms with van der Waals surface area (Å²) >= 11 is 0.